The summed E-state index contributed by atoms with van der Waals surface area (Å²) in [5, 5.41) is 5.82. The molecule has 0 N–H and O–H groups in total. The van der Waals surface area contributed by atoms with Crippen LogP contribution in [0.4, 0.5) is 10.1 Å². The smallest absolute Gasteiger partial charge is 0.280 e. The van der Waals surface area contributed by atoms with Crippen LogP contribution >= 0.6 is 15.9 Å². The molecule has 0 unspecified atom stereocenters. The fourth-order valence-electron chi connectivity index (χ4n) is 3.45. The number of anilines is 1. The average molecular weight is 509 g/mol. The first-order valence-corrected chi connectivity index (χ1v) is 11.3. The van der Waals surface area contributed by atoms with Gasteiger partial charge in [0.1, 0.15) is 12.4 Å². The molecular formula is C26H22BrFN2O3. The van der Waals surface area contributed by atoms with Crippen LogP contribution in [0, 0.1) is 5.82 Å². The number of hydrogen-bond acceptors (Lipinski definition) is 4. The maximum atomic E-state index is 13.5. The first kappa shape index (κ1) is 22.7. The largest absolute Gasteiger partial charge is 0.490 e. The van der Waals surface area contributed by atoms with Crippen LogP contribution in [0.5, 0.6) is 11.5 Å². The molecule has 0 aliphatic carbocycles. The third kappa shape index (κ3) is 5.14. The molecule has 33 heavy (non-hydrogen) atoms. The zero-order valence-electron chi connectivity index (χ0n) is 18.2. The molecule has 168 valence electrons. The normalized spacial score (nSPS) is 14.5. The van der Waals surface area contributed by atoms with Gasteiger partial charge in [0.25, 0.3) is 5.91 Å². The minimum absolute atomic E-state index is 0.188. The minimum atomic E-state index is -0.315. The van der Waals surface area contributed by atoms with Crippen LogP contribution in [0.25, 0.3) is 6.08 Å². The summed E-state index contributed by atoms with van der Waals surface area (Å²) in [5.41, 5.74) is 3.31. The second-order valence-corrected chi connectivity index (χ2v) is 8.23. The van der Waals surface area contributed by atoms with E-state index >= 15 is 0 Å². The van der Waals surface area contributed by atoms with E-state index in [9.17, 15) is 9.18 Å². The average Bonchev–Trinajstić information content (AvgIpc) is 3.08. The Kier molecular flexibility index (Phi) is 6.89. The van der Waals surface area contributed by atoms with E-state index < -0.39 is 0 Å². The minimum Gasteiger partial charge on any atom is -0.490 e. The molecule has 0 aromatic heterocycles. The van der Waals surface area contributed by atoms with Crippen molar-refractivity contribution in [2.24, 2.45) is 5.10 Å². The Hall–Kier alpha value is -3.45. The number of carbonyl (C=O) groups is 1. The predicted molar refractivity (Wildman–Crippen MR) is 131 cm³/mol. The third-order valence-electron chi connectivity index (χ3n) is 4.98. The third-order valence-corrected chi connectivity index (χ3v) is 5.57. The number of amides is 1. The highest BCUT2D eigenvalue weighted by Crippen LogP contribution is 2.38. The van der Waals surface area contributed by atoms with Gasteiger partial charge in [-0.1, -0.05) is 30.3 Å². The number of halogens is 2. The Labute approximate surface area is 200 Å². The molecule has 3 aromatic rings. The van der Waals surface area contributed by atoms with Crippen molar-refractivity contribution in [3.8, 4) is 11.5 Å². The van der Waals surface area contributed by atoms with Crippen molar-refractivity contribution in [1.82, 2.24) is 0 Å². The molecule has 0 saturated heterocycles. The van der Waals surface area contributed by atoms with Crippen LogP contribution in [0.1, 0.15) is 25.0 Å². The van der Waals surface area contributed by atoms with E-state index in [0.717, 1.165) is 5.56 Å². The molecule has 3 aromatic carbocycles. The van der Waals surface area contributed by atoms with Gasteiger partial charge in [0.2, 0.25) is 0 Å². The lowest BCUT2D eigenvalue weighted by Crippen LogP contribution is -2.21. The number of ether oxygens (including phenoxy) is 2. The number of hydrazone groups is 1. The Morgan fingerprint density at radius 2 is 1.85 bits per heavy atom. The van der Waals surface area contributed by atoms with Gasteiger partial charge in [0.15, 0.2) is 11.5 Å². The van der Waals surface area contributed by atoms with Gasteiger partial charge in [-0.3, -0.25) is 4.79 Å². The lowest BCUT2D eigenvalue weighted by molar-refractivity contribution is -0.114. The van der Waals surface area contributed by atoms with Crippen LogP contribution in [-0.4, -0.2) is 18.2 Å². The molecule has 0 saturated carbocycles. The topological polar surface area (TPSA) is 51.1 Å². The Balaban J connectivity index is 1.61. The molecule has 4 rings (SSSR count). The van der Waals surface area contributed by atoms with Crippen molar-refractivity contribution >= 4 is 39.3 Å². The maximum Gasteiger partial charge on any atom is 0.280 e. The summed E-state index contributed by atoms with van der Waals surface area (Å²) in [6.07, 6.45) is 1.79. The van der Waals surface area contributed by atoms with Gasteiger partial charge in [-0.05, 0) is 83.4 Å². The molecule has 1 heterocycles. The molecule has 0 radical (unpaired) electrons. The highest BCUT2D eigenvalue weighted by atomic mass is 79.9. The maximum absolute atomic E-state index is 13.5. The molecule has 0 spiro atoms. The summed E-state index contributed by atoms with van der Waals surface area (Å²) >= 11 is 3.55. The predicted octanol–water partition coefficient (Wildman–Crippen LogP) is 6.37. The molecule has 5 nitrogen and oxygen atoms in total. The van der Waals surface area contributed by atoms with Crippen LogP contribution in [0.15, 0.2) is 81.9 Å². The summed E-state index contributed by atoms with van der Waals surface area (Å²) in [6.45, 7) is 4.31. The van der Waals surface area contributed by atoms with Gasteiger partial charge >= 0.3 is 0 Å². The number of para-hydroxylation sites is 1. The number of hydrogen-bond donors (Lipinski definition) is 0. The van der Waals surface area contributed by atoms with Crippen molar-refractivity contribution in [2.75, 3.05) is 11.6 Å². The Morgan fingerprint density at radius 3 is 2.58 bits per heavy atom. The molecule has 0 atom stereocenters. The number of rotatable bonds is 7. The Bertz CT molecular complexity index is 1240. The fraction of sp³-hybridized carbons (Fsp3) is 0.154. The quantitative estimate of drug-likeness (QED) is 0.348. The van der Waals surface area contributed by atoms with Crippen LogP contribution in [-0.2, 0) is 11.4 Å². The van der Waals surface area contributed by atoms with Gasteiger partial charge in [-0.25, -0.2) is 4.39 Å². The SMILES string of the molecule is CCOc1cc(/C=C2/C(=O)N(c3ccccc3)N=C2C)cc(Br)c1OCc1cccc(F)c1. The first-order valence-electron chi connectivity index (χ1n) is 10.5. The van der Waals surface area contributed by atoms with E-state index in [0.29, 0.717) is 45.1 Å². The van der Waals surface area contributed by atoms with E-state index in [4.69, 9.17) is 9.47 Å². The monoisotopic (exact) mass is 508 g/mol. The molecule has 7 heteroatoms. The molecular weight excluding hydrogens is 487 g/mol. The summed E-state index contributed by atoms with van der Waals surface area (Å²) < 4.78 is 25.9. The molecule has 0 fully saturated rings. The second kappa shape index (κ2) is 10.0. The van der Waals surface area contributed by atoms with E-state index in [1.54, 1.807) is 18.2 Å². The van der Waals surface area contributed by atoms with Crippen molar-refractivity contribution < 1.29 is 18.7 Å². The van der Waals surface area contributed by atoms with Crippen molar-refractivity contribution in [2.45, 2.75) is 20.5 Å². The standard InChI is InChI=1S/C26H22BrFN2O3/c1-3-32-24-15-19(14-23(27)25(24)33-16-18-8-7-9-20(28)12-18)13-22-17(2)29-30(26(22)31)21-10-5-4-6-11-21/h4-15H,3,16H2,1-2H3/b22-13+. The summed E-state index contributed by atoms with van der Waals surface area (Å²) in [7, 11) is 0. The molecule has 1 aliphatic rings. The van der Waals surface area contributed by atoms with Crippen LogP contribution in [0.2, 0.25) is 0 Å². The van der Waals surface area contributed by atoms with Crippen LogP contribution in [0.3, 0.4) is 0 Å². The first-order chi connectivity index (χ1) is 16.0. The van der Waals surface area contributed by atoms with Gasteiger partial charge in [0, 0.05) is 0 Å². The Morgan fingerprint density at radius 1 is 1.06 bits per heavy atom. The van der Waals surface area contributed by atoms with E-state index in [1.807, 2.05) is 56.3 Å². The summed E-state index contributed by atoms with van der Waals surface area (Å²) in [6, 6.07) is 19.2. The van der Waals surface area contributed by atoms with Crippen molar-refractivity contribution in [1.29, 1.82) is 0 Å². The van der Waals surface area contributed by atoms with Crippen LogP contribution < -0.4 is 14.5 Å². The number of nitrogens with zero attached hydrogens (tertiary/aromatic N) is 2. The molecule has 0 bridgehead atoms. The fourth-order valence-corrected chi connectivity index (χ4v) is 4.03. The van der Waals surface area contributed by atoms with Gasteiger partial charge < -0.3 is 9.47 Å². The zero-order chi connectivity index (χ0) is 23.4. The summed E-state index contributed by atoms with van der Waals surface area (Å²) in [5.74, 6) is 0.525. The van der Waals surface area contributed by atoms with E-state index in [2.05, 4.69) is 21.0 Å². The molecule has 1 aliphatic heterocycles. The van der Waals surface area contributed by atoms with Gasteiger partial charge in [-0.2, -0.15) is 10.1 Å². The highest BCUT2D eigenvalue weighted by Gasteiger charge is 2.28. The van der Waals surface area contributed by atoms with E-state index in [1.165, 1.54) is 17.1 Å². The molecule has 1 amide bonds. The van der Waals surface area contributed by atoms with Crippen molar-refractivity contribution in [3.63, 3.8) is 0 Å². The van der Waals surface area contributed by atoms with Crippen molar-refractivity contribution in [3.05, 3.63) is 93.7 Å². The number of benzene rings is 3. The lowest BCUT2D eigenvalue weighted by atomic mass is 10.1. The lowest BCUT2D eigenvalue weighted by Gasteiger charge is -2.15. The highest BCUT2D eigenvalue weighted by molar-refractivity contribution is 9.10. The second-order valence-electron chi connectivity index (χ2n) is 7.38. The van der Waals surface area contributed by atoms with Gasteiger partial charge in [-0.15, -0.1) is 0 Å². The zero-order valence-corrected chi connectivity index (χ0v) is 19.8. The number of carbonyl (C=O) groups excluding carboxylic acids is 1. The van der Waals surface area contributed by atoms with Gasteiger partial charge in [0.05, 0.1) is 28.1 Å². The van der Waals surface area contributed by atoms with E-state index in [-0.39, 0.29) is 18.3 Å². The summed E-state index contributed by atoms with van der Waals surface area (Å²) in [4.78, 5) is 13.0.